The third kappa shape index (κ3) is 2.48. The standard InChI is InChI=1S/C11H7Cl2FN2O/c12-8-2-1-3-9(14)7(8)6-16-5-4-15-10(13)11(16)17/h1-5H,6H2. The van der Waals surface area contributed by atoms with Gasteiger partial charge in [-0.05, 0) is 12.1 Å². The van der Waals surface area contributed by atoms with E-state index in [-0.39, 0.29) is 22.3 Å². The first-order valence-electron chi connectivity index (χ1n) is 4.73. The summed E-state index contributed by atoms with van der Waals surface area (Å²) in [6.45, 7) is 0.0204. The van der Waals surface area contributed by atoms with Crippen molar-refractivity contribution in [1.29, 1.82) is 0 Å². The van der Waals surface area contributed by atoms with E-state index in [9.17, 15) is 9.18 Å². The zero-order valence-corrected chi connectivity index (χ0v) is 10.0. The highest BCUT2D eigenvalue weighted by atomic mass is 35.5. The molecule has 0 aliphatic rings. The molecular formula is C11H7Cl2FN2O. The van der Waals surface area contributed by atoms with E-state index in [1.165, 1.54) is 29.1 Å². The summed E-state index contributed by atoms with van der Waals surface area (Å²) in [5.41, 5.74) is -0.230. The van der Waals surface area contributed by atoms with Crippen molar-refractivity contribution in [3.63, 3.8) is 0 Å². The molecule has 0 aliphatic carbocycles. The zero-order chi connectivity index (χ0) is 12.4. The van der Waals surface area contributed by atoms with Crippen LogP contribution in [0.1, 0.15) is 5.56 Å². The quantitative estimate of drug-likeness (QED) is 0.843. The van der Waals surface area contributed by atoms with Crippen LogP contribution in [0.15, 0.2) is 35.4 Å². The van der Waals surface area contributed by atoms with Crippen molar-refractivity contribution >= 4 is 23.2 Å². The molecule has 0 saturated carbocycles. The highest BCUT2D eigenvalue weighted by Gasteiger charge is 2.09. The van der Waals surface area contributed by atoms with Gasteiger partial charge in [0.2, 0.25) is 0 Å². The van der Waals surface area contributed by atoms with Crippen LogP contribution in [0.2, 0.25) is 10.2 Å². The lowest BCUT2D eigenvalue weighted by molar-refractivity contribution is 0.595. The summed E-state index contributed by atoms with van der Waals surface area (Å²) in [5.74, 6) is -0.461. The van der Waals surface area contributed by atoms with E-state index in [0.29, 0.717) is 0 Å². The molecule has 2 aromatic rings. The Morgan fingerprint density at radius 1 is 1.35 bits per heavy atom. The molecule has 0 saturated heterocycles. The van der Waals surface area contributed by atoms with Crippen LogP contribution in [0, 0.1) is 5.82 Å². The van der Waals surface area contributed by atoms with Gasteiger partial charge in [-0.25, -0.2) is 9.37 Å². The fourth-order valence-corrected chi connectivity index (χ4v) is 1.79. The maximum Gasteiger partial charge on any atom is 0.288 e. The molecule has 1 aromatic heterocycles. The van der Waals surface area contributed by atoms with Gasteiger partial charge in [-0.3, -0.25) is 4.79 Å². The van der Waals surface area contributed by atoms with Crippen molar-refractivity contribution in [2.45, 2.75) is 6.54 Å². The first-order chi connectivity index (χ1) is 8.09. The van der Waals surface area contributed by atoms with Crippen LogP contribution in [-0.2, 0) is 6.54 Å². The normalized spacial score (nSPS) is 10.5. The molecule has 1 aromatic carbocycles. The van der Waals surface area contributed by atoms with Crippen LogP contribution in [0.5, 0.6) is 0 Å². The number of rotatable bonds is 2. The first-order valence-corrected chi connectivity index (χ1v) is 5.49. The number of halogens is 3. The summed E-state index contributed by atoms with van der Waals surface area (Å²) in [5, 5.41) is 0.116. The topological polar surface area (TPSA) is 34.9 Å². The predicted octanol–water partition coefficient (Wildman–Crippen LogP) is 2.74. The van der Waals surface area contributed by atoms with Crippen LogP contribution in [-0.4, -0.2) is 9.55 Å². The molecule has 0 spiro atoms. The summed E-state index contributed by atoms with van der Waals surface area (Å²) in [6.07, 6.45) is 2.80. The Morgan fingerprint density at radius 3 is 2.82 bits per heavy atom. The molecule has 3 nitrogen and oxygen atoms in total. The number of nitrogens with zero attached hydrogens (tertiary/aromatic N) is 2. The van der Waals surface area contributed by atoms with Crippen LogP contribution in [0.25, 0.3) is 0 Å². The molecule has 0 amide bonds. The van der Waals surface area contributed by atoms with Crippen molar-refractivity contribution in [1.82, 2.24) is 9.55 Å². The number of hydrogen-bond donors (Lipinski definition) is 0. The Balaban J connectivity index is 2.45. The van der Waals surface area contributed by atoms with Crippen LogP contribution in [0.3, 0.4) is 0 Å². The van der Waals surface area contributed by atoms with Gasteiger partial charge < -0.3 is 4.57 Å². The average molecular weight is 273 g/mol. The second-order valence-electron chi connectivity index (χ2n) is 3.35. The van der Waals surface area contributed by atoms with E-state index >= 15 is 0 Å². The van der Waals surface area contributed by atoms with Crippen molar-refractivity contribution in [2.75, 3.05) is 0 Å². The monoisotopic (exact) mass is 272 g/mol. The molecular weight excluding hydrogens is 266 g/mol. The highest BCUT2D eigenvalue weighted by molar-refractivity contribution is 6.31. The molecule has 0 aliphatic heterocycles. The maximum atomic E-state index is 13.5. The molecule has 0 radical (unpaired) electrons. The minimum Gasteiger partial charge on any atom is -0.307 e. The molecule has 88 valence electrons. The van der Waals surface area contributed by atoms with E-state index in [1.807, 2.05) is 0 Å². The first kappa shape index (κ1) is 12.1. The molecule has 17 heavy (non-hydrogen) atoms. The second-order valence-corrected chi connectivity index (χ2v) is 4.12. The minimum atomic E-state index is -0.478. The molecule has 0 unspecified atom stereocenters. The van der Waals surface area contributed by atoms with Gasteiger partial charge in [-0.1, -0.05) is 29.3 Å². The second kappa shape index (κ2) is 4.85. The molecule has 1 heterocycles. The number of aromatic nitrogens is 2. The Bertz CT molecular complexity index is 592. The van der Waals surface area contributed by atoms with E-state index in [4.69, 9.17) is 23.2 Å². The lowest BCUT2D eigenvalue weighted by Crippen LogP contribution is -2.21. The van der Waals surface area contributed by atoms with E-state index in [2.05, 4.69) is 4.98 Å². The van der Waals surface area contributed by atoms with Gasteiger partial charge in [0.25, 0.3) is 5.56 Å². The zero-order valence-electron chi connectivity index (χ0n) is 8.53. The summed E-state index contributed by atoms with van der Waals surface area (Å²) >= 11 is 11.5. The highest BCUT2D eigenvalue weighted by Crippen LogP contribution is 2.19. The Hall–Kier alpha value is -1.39. The Labute approximate surface area is 106 Å². The van der Waals surface area contributed by atoms with Crippen LogP contribution >= 0.6 is 23.2 Å². The van der Waals surface area contributed by atoms with E-state index in [1.54, 1.807) is 6.07 Å². The molecule has 0 atom stereocenters. The Kier molecular flexibility index (Phi) is 3.45. The van der Waals surface area contributed by atoms with E-state index < -0.39 is 11.4 Å². The van der Waals surface area contributed by atoms with Gasteiger partial charge >= 0.3 is 0 Å². The van der Waals surface area contributed by atoms with Crippen LogP contribution < -0.4 is 5.56 Å². The van der Waals surface area contributed by atoms with Gasteiger partial charge in [0.05, 0.1) is 6.54 Å². The van der Waals surface area contributed by atoms with Gasteiger partial charge in [0.1, 0.15) is 5.82 Å². The maximum absolute atomic E-state index is 13.5. The predicted molar refractivity (Wildman–Crippen MR) is 64.0 cm³/mol. The van der Waals surface area contributed by atoms with Gasteiger partial charge in [0, 0.05) is 23.0 Å². The summed E-state index contributed by atoms with van der Waals surface area (Å²) in [7, 11) is 0. The minimum absolute atomic E-state index is 0.0204. The van der Waals surface area contributed by atoms with Crippen molar-refractivity contribution < 1.29 is 4.39 Å². The summed E-state index contributed by atoms with van der Waals surface area (Å²) in [4.78, 5) is 15.2. The molecule has 6 heteroatoms. The average Bonchev–Trinajstić information content (AvgIpc) is 2.29. The van der Waals surface area contributed by atoms with Crippen molar-refractivity contribution in [3.8, 4) is 0 Å². The third-order valence-corrected chi connectivity index (χ3v) is 2.88. The fraction of sp³-hybridized carbons (Fsp3) is 0.0909. The number of hydrogen-bond acceptors (Lipinski definition) is 2. The lowest BCUT2D eigenvalue weighted by atomic mass is 10.2. The van der Waals surface area contributed by atoms with Gasteiger partial charge in [-0.2, -0.15) is 0 Å². The van der Waals surface area contributed by atoms with E-state index in [0.717, 1.165) is 0 Å². The van der Waals surface area contributed by atoms with Crippen molar-refractivity contribution in [3.05, 3.63) is 62.5 Å². The third-order valence-electron chi connectivity index (χ3n) is 2.26. The van der Waals surface area contributed by atoms with Crippen LogP contribution in [0.4, 0.5) is 4.39 Å². The van der Waals surface area contributed by atoms with Gasteiger partial charge in [0.15, 0.2) is 5.15 Å². The smallest absolute Gasteiger partial charge is 0.288 e. The molecule has 2 rings (SSSR count). The molecule has 0 fully saturated rings. The Morgan fingerprint density at radius 2 is 2.12 bits per heavy atom. The molecule has 0 bridgehead atoms. The molecule has 0 N–H and O–H groups in total. The number of benzene rings is 1. The fourth-order valence-electron chi connectivity index (χ4n) is 1.40. The van der Waals surface area contributed by atoms with Gasteiger partial charge in [-0.15, -0.1) is 0 Å². The van der Waals surface area contributed by atoms with Crippen molar-refractivity contribution in [2.24, 2.45) is 0 Å². The lowest BCUT2D eigenvalue weighted by Gasteiger charge is -2.08. The summed E-state index contributed by atoms with van der Waals surface area (Å²) in [6, 6.07) is 4.35. The largest absolute Gasteiger partial charge is 0.307 e. The summed E-state index contributed by atoms with van der Waals surface area (Å²) < 4.78 is 14.8. The SMILES string of the molecule is O=c1c(Cl)nccn1Cc1c(F)cccc1Cl.